The number of rotatable bonds is 5. The number of halogens is 3. The molecule has 2 unspecified atom stereocenters. The van der Waals surface area contributed by atoms with Crippen LogP contribution in [0.1, 0.15) is 12.8 Å². The molecule has 0 saturated carbocycles. The molecule has 0 bridgehead atoms. The Morgan fingerprint density at radius 2 is 2.08 bits per heavy atom. The zero-order chi connectivity index (χ0) is 16.1. The van der Waals surface area contributed by atoms with Gasteiger partial charge in [0.25, 0.3) is 0 Å². The van der Waals surface area contributed by atoms with Gasteiger partial charge in [0.2, 0.25) is 5.91 Å². The molecule has 3 rings (SSSR count). The molecule has 2 atom stereocenters. The third-order valence-corrected chi connectivity index (χ3v) is 5.63. The first-order valence-electron chi connectivity index (χ1n) is 8.29. The summed E-state index contributed by atoms with van der Waals surface area (Å²) in [5.41, 5.74) is 1.06. The molecule has 2 N–H and O–H groups in total. The van der Waals surface area contributed by atoms with Crippen molar-refractivity contribution in [3.8, 4) is 0 Å². The lowest BCUT2D eigenvalue weighted by atomic mass is 10.1. The highest BCUT2D eigenvalue weighted by molar-refractivity contribution is 7.99. The molecule has 2 fully saturated rings. The van der Waals surface area contributed by atoms with Crippen molar-refractivity contribution in [1.82, 2.24) is 10.6 Å². The van der Waals surface area contributed by atoms with Gasteiger partial charge in [-0.15, -0.1) is 24.8 Å². The Morgan fingerprint density at radius 1 is 1.32 bits per heavy atom. The van der Waals surface area contributed by atoms with Crippen LogP contribution in [0.15, 0.2) is 24.3 Å². The molecule has 1 amide bonds. The molecule has 4 nitrogen and oxygen atoms in total. The van der Waals surface area contributed by atoms with E-state index in [1.165, 1.54) is 12.1 Å². The third kappa shape index (κ3) is 6.85. The molecule has 1 aromatic carbocycles. The van der Waals surface area contributed by atoms with E-state index < -0.39 is 0 Å². The summed E-state index contributed by atoms with van der Waals surface area (Å²) in [6, 6.07) is 6.96. The van der Waals surface area contributed by atoms with Gasteiger partial charge >= 0.3 is 0 Å². The average molecular weight is 410 g/mol. The van der Waals surface area contributed by atoms with Gasteiger partial charge in [-0.3, -0.25) is 4.79 Å². The topological polar surface area (TPSA) is 44.4 Å². The lowest BCUT2D eigenvalue weighted by Crippen LogP contribution is -2.42. The number of anilines is 1. The Balaban J connectivity index is 0.00000156. The highest BCUT2D eigenvalue weighted by Crippen LogP contribution is 2.23. The number of benzene rings is 1. The molecule has 0 aromatic heterocycles. The Hall–Kier alpha value is -0.690. The minimum Gasteiger partial charge on any atom is -0.371 e. The number of carbonyl (C=O) groups is 1. The molecule has 2 heterocycles. The minimum absolute atomic E-state index is 0. The predicted octanol–water partition coefficient (Wildman–Crippen LogP) is 2.71. The minimum atomic E-state index is -0.203. The SMILES string of the molecule is Cl.Cl.O=C(CC1CSCCN1)NCC1CCN(c2ccc(F)cc2)C1. The number of nitrogens with one attached hydrogen (secondary N) is 2. The summed E-state index contributed by atoms with van der Waals surface area (Å²) in [4.78, 5) is 14.3. The number of carbonyl (C=O) groups excluding carboxylic acids is 1. The van der Waals surface area contributed by atoms with E-state index in [1.807, 2.05) is 23.9 Å². The fourth-order valence-electron chi connectivity index (χ4n) is 3.19. The second-order valence-electron chi connectivity index (χ2n) is 6.31. The van der Waals surface area contributed by atoms with Crippen LogP contribution in [0.25, 0.3) is 0 Å². The summed E-state index contributed by atoms with van der Waals surface area (Å²) in [7, 11) is 0. The number of thioether (sulfide) groups is 1. The van der Waals surface area contributed by atoms with Crippen LogP contribution in [0, 0.1) is 11.7 Å². The highest BCUT2D eigenvalue weighted by atomic mass is 35.5. The largest absolute Gasteiger partial charge is 0.371 e. The van der Waals surface area contributed by atoms with Gasteiger partial charge < -0.3 is 15.5 Å². The van der Waals surface area contributed by atoms with E-state index in [1.54, 1.807) is 0 Å². The summed E-state index contributed by atoms with van der Waals surface area (Å²) < 4.78 is 13.0. The maximum absolute atomic E-state index is 13.0. The van der Waals surface area contributed by atoms with Gasteiger partial charge in [-0.1, -0.05) is 0 Å². The molecule has 2 saturated heterocycles. The first-order valence-corrected chi connectivity index (χ1v) is 9.44. The van der Waals surface area contributed by atoms with Crippen molar-refractivity contribution in [2.24, 2.45) is 5.92 Å². The van der Waals surface area contributed by atoms with E-state index in [4.69, 9.17) is 0 Å². The van der Waals surface area contributed by atoms with Gasteiger partial charge in [0.1, 0.15) is 5.82 Å². The molecule has 25 heavy (non-hydrogen) atoms. The van der Waals surface area contributed by atoms with Crippen molar-refractivity contribution in [2.45, 2.75) is 18.9 Å². The Kier molecular flexibility index (Phi) is 9.94. The van der Waals surface area contributed by atoms with E-state index in [2.05, 4.69) is 15.5 Å². The molecule has 0 aliphatic carbocycles. The van der Waals surface area contributed by atoms with Crippen molar-refractivity contribution >= 4 is 48.2 Å². The third-order valence-electron chi connectivity index (χ3n) is 4.50. The number of amides is 1. The molecule has 0 radical (unpaired) electrons. The van der Waals surface area contributed by atoms with Crippen LogP contribution in [0.4, 0.5) is 10.1 Å². The van der Waals surface area contributed by atoms with E-state index in [9.17, 15) is 9.18 Å². The molecule has 0 spiro atoms. The molecule has 142 valence electrons. The second-order valence-corrected chi connectivity index (χ2v) is 7.46. The fourth-order valence-corrected chi connectivity index (χ4v) is 4.14. The van der Waals surface area contributed by atoms with Gasteiger partial charge in [-0.05, 0) is 36.6 Å². The number of nitrogens with zero attached hydrogens (tertiary/aromatic N) is 1. The van der Waals surface area contributed by atoms with Gasteiger partial charge in [-0.2, -0.15) is 11.8 Å². The number of hydrogen-bond acceptors (Lipinski definition) is 4. The maximum atomic E-state index is 13.0. The summed E-state index contributed by atoms with van der Waals surface area (Å²) in [6.07, 6.45) is 1.64. The van der Waals surface area contributed by atoms with Crippen LogP contribution in [0.2, 0.25) is 0 Å². The number of hydrogen-bond donors (Lipinski definition) is 2. The Bertz CT molecular complexity index is 529. The van der Waals surface area contributed by atoms with Gasteiger partial charge in [0.05, 0.1) is 0 Å². The van der Waals surface area contributed by atoms with Crippen molar-refractivity contribution in [2.75, 3.05) is 42.6 Å². The summed E-state index contributed by atoms with van der Waals surface area (Å²) >= 11 is 1.91. The lowest BCUT2D eigenvalue weighted by molar-refractivity contribution is -0.121. The monoisotopic (exact) mass is 409 g/mol. The lowest BCUT2D eigenvalue weighted by Gasteiger charge is -2.23. The van der Waals surface area contributed by atoms with E-state index in [0.29, 0.717) is 18.4 Å². The van der Waals surface area contributed by atoms with Crippen LogP contribution in [0.3, 0.4) is 0 Å². The van der Waals surface area contributed by atoms with Gasteiger partial charge in [-0.25, -0.2) is 4.39 Å². The van der Waals surface area contributed by atoms with E-state index >= 15 is 0 Å². The first-order chi connectivity index (χ1) is 11.2. The molecule has 2 aliphatic heterocycles. The molecular weight excluding hydrogens is 384 g/mol. The summed E-state index contributed by atoms with van der Waals surface area (Å²) in [5.74, 6) is 2.57. The van der Waals surface area contributed by atoms with Crippen LogP contribution >= 0.6 is 36.6 Å². The van der Waals surface area contributed by atoms with Crippen molar-refractivity contribution in [3.63, 3.8) is 0 Å². The van der Waals surface area contributed by atoms with Crippen molar-refractivity contribution < 1.29 is 9.18 Å². The Labute approximate surface area is 165 Å². The fraction of sp³-hybridized carbons (Fsp3) is 0.588. The average Bonchev–Trinajstić information content (AvgIpc) is 3.04. The standard InChI is InChI=1S/C17H24FN3OS.2ClH/c18-14-1-3-16(4-2-14)21-7-5-13(11-21)10-20-17(22)9-15-12-23-8-6-19-15;;/h1-4,13,15,19H,5-12H2,(H,20,22);2*1H. The predicted molar refractivity (Wildman–Crippen MR) is 108 cm³/mol. The molecular formula is C17H26Cl2FN3OS. The second kappa shape index (κ2) is 11.1. The van der Waals surface area contributed by atoms with Crippen LogP contribution < -0.4 is 15.5 Å². The first kappa shape index (κ1) is 22.4. The summed E-state index contributed by atoms with van der Waals surface area (Å²) in [6.45, 7) is 3.62. The molecule has 2 aliphatic rings. The van der Waals surface area contributed by atoms with Crippen molar-refractivity contribution in [3.05, 3.63) is 30.1 Å². The van der Waals surface area contributed by atoms with Gasteiger partial charge in [0, 0.05) is 55.8 Å². The smallest absolute Gasteiger partial charge is 0.221 e. The Morgan fingerprint density at radius 3 is 2.76 bits per heavy atom. The highest BCUT2D eigenvalue weighted by Gasteiger charge is 2.24. The normalized spacial score (nSPS) is 22.7. The molecule has 1 aromatic rings. The van der Waals surface area contributed by atoms with Crippen LogP contribution in [-0.4, -0.2) is 49.6 Å². The van der Waals surface area contributed by atoms with E-state index in [-0.39, 0.29) is 36.5 Å². The quantitative estimate of drug-likeness (QED) is 0.784. The zero-order valence-electron chi connectivity index (χ0n) is 14.1. The van der Waals surface area contributed by atoms with Gasteiger partial charge in [0.15, 0.2) is 0 Å². The van der Waals surface area contributed by atoms with Crippen LogP contribution in [-0.2, 0) is 4.79 Å². The molecule has 8 heteroatoms. The zero-order valence-corrected chi connectivity index (χ0v) is 16.5. The van der Waals surface area contributed by atoms with Crippen LogP contribution in [0.5, 0.6) is 0 Å². The van der Waals surface area contributed by atoms with Crippen molar-refractivity contribution in [1.29, 1.82) is 0 Å². The summed E-state index contributed by atoms with van der Waals surface area (Å²) in [5, 5.41) is 6.47. The maximum Gasteiger partial charge on any atom is 0.221 e. The van der Waals surface area contributed by atoms with E-state index in [0.717, 1.165) is 49.8 Å².